The van der Waals surface area contributed by atoms with E-state index in [4.69, 9.17) is 0 Å². The van der Waals surface area contributed by atoms with Crippen LogP contribution in [0.2, 0.25) is 0 Å². The van der Waals surface area contributed by atoms with Crippen molar-refractivity contribution in [3.05, 3.63) is 0 Å². The van der Waals surface area contributed by atoms with Crippen molar-refractivity contribution < 1.29 is 4.79 Å². The van der Waals surface area contributed by atoms with E-state index in [0.29, 0.717) is 0 Å². The normalized spacial score (nSPS) is 31.0. The van der Waals surface area contributed by atoms with Crippen LogP contribution in [0.15, 0.2) is 0 Å². The van der Waals surface area contributed by atoms with Crippen molar-refractivity contribution >= 4 is 5.91 Å². The molecule has 1 atom stereocenters. The average Bonchev–Trinajstić information content (AvgIpc) is 1.63. The average molecular weight is 127 g/mol. The van der Waals surface area contributed by atoms with Crippen molar-refractivity contribution in [2.75, 3.05) is 0 Å². The molecule has 9 heavy (non-hydrogen) atoms. The number of hydrogen-bond acceptors (Lipinski definition) is 1. The highest BCUT2D eigenvalue weighted by Crippen LogP contribution is 2.28. The van der Waals surface area contributed by atoms with E-state index in [9.17, 15) is 4.79 Å². The highest BCUT2D eigenvalue weighted by molar-refractivity contribution is 5.87. The SMILES string of the molecule is CC[C@H]1C(=O)NC1(C)C. The molecule has 0 saturated carbocycles. The third-order valence-electron chi connectivity index (χ3n) is 2.04. The van der Waals surface area contributed by atoms with Gasteiger partial charge in [-0.1, -0.05) is 6.92 Å². The second kappa shape index (κ2) is 1.72. The Hall–Kier alpha value is -0.530. The summed E-state index contributed by atoms with van der Waals surface area (Å²) in [7, 11) is 0. The molecule has 1 aliphatic rings. The van der Waals surface area contributed by atoms with Crippen LogP contribution in [0.3, 0.4) is 0 Å². The summed E-state index contributed by atoms with van der Waals surface area (Å²) in [6.07, 6.45) is 0.957. The van der Waals surface area contributed by atoms with Crippen molar-refractivity contribution in [3.63, 3.8) is 0 Å². The summed E-state index contributed by atoms with van der Waals surface area (Å²) in [6, 6.07) is 0. The van der Waals surface area contributed by atoms with E-state index >= 15 is 0 Å². The van der Waals surface area contributed by atoms with E-state index in [-0.39, 0.29) is 17.4 Å². The number of rotatable bonds is 1. The van der Waals surface area contributed by atoms with Gasteiger partial charge in [-0.05, 0) is 20.3 Å². The predicted molar refractivity (Wildman–Crippen MR) is 36.0 cm³/mol. The number of amides is 1. The molecule has 0 aromatic rings. The van der Waals surface area contributed by atoms with Gasteiger partial charge in [0.05, 0.1) is 5.92 Å². The fourth-order valence-corrected chi connectivity index (χ4v) is 1.44. The van der Waals surface area contributed by atoms with Gasteiger partial charge in [-0.3, -0.25) is 4.79 Å². The minimum atomic E-state index is 0.0613. The zero-order valence-corrected chi connectivity index (χ0v) is 6.19. The summed E-state index contributed by atoms with van der Waals surface area (Å²) < 4.78 is 0. The number of carbonyl (C=O) groups is 1. The first kappa shape index (κ1) is 6.59. The van der Waals surface area contributed by atoms with Gasteiger partial charge in [0.15, 0.2) is 0 Å². The molecule has 0 bridgehead atoms. The van der Waals surface area contributed by atoms with Crippen molar-refractivity contribution in [1.82, 2.24) is 5.32 Å². The topological polar surface area (TPSA) is 29.1 Å². The van der Waals surface area contributed by atoms with E-state index in [0.717, 1.165) is 6.42 Å². The van der Waals surface area contributed by atoms with E-state index < -0.39 is 0 Å². The summed E-state index contributed by atoms with van der Waals surface area (Å²) in [5, 5.41) is 2.84. The molecule has 0 unspecified atom stereocenters. The van der Waals surface area contributed by atoms with Gasteiger partial charge in [0.1, 0.15) is 0 Å². The molecular formula is C7H13NO. The monoisotopic (exact) mass is 127 g/mol. The van der Waals surface area contributed by atoms with Gasteiger partial charge in [-0.2, -0.15) is 0 Å². The molecule has 2 nitrogen and oxygen atoms in total. The number of carbonyl (C=O) groups excluding carboxylic acids is 1. The maximum absolute atomic E-state index is 10.8. The smallest absolute Gasteiger partial charge is 0.225 e. The summed E-state index contributed by atoms with van der Waals surface area (Å²) in [6.45, 7) is 6.16. The summed E-state index contributed by atoms with van der Waals surface area (Å²) in [5.74, 6) is 0.458. The van der Waals surface area contributed by atoms with Crippen molar-refractivity contribution in [2.24, 2.45) is 5.92 Å². The van der Waals surface area contributed by atoms with Gasteiger partial charge in [0, 0.05) is 5.54 Å². The van der Waals surface area contributed by atoms with Crippen LogP contribution in [0, 0.1) is 5.92 Å². The molecule has 1 fully saturated rings. The van der Waals surface area contributed by atoms with Crippen LogP contribution in [-0.4, -0.2) is 11.4 Å². The van der Waals surface area contributed by atoms with Crippen molar-refractivity contribution in [1.29, 1.82) is 0 Å². The molecule has 2 heteroatoms. The van der Waals surface area contributed by atoms with Crippen LogP contribution in [0.1, 0.15) is 27.2 Å². The second-order valence-electron chi connectivity index (χ2n) is 3.17. The lowest BCUT2D eigenvalue weighted by Gasteiger charge is -2.43. The first-order chi connectivity index (χ1) is 4.08. The molecule has 0 spiro atoms. The van der Waals surface area contributed by atoms with Crippen LogP contribution in [0.4, 0.5) is 0 Å². The first-order valence-electron chi connectivity index (χ1n) is 3.40. The zero-order chi connectivity index (χ0) is 7.07. The zero-order valence-electron chi connectivity index (χ0n) is 6.19. The molecule has 1 aliphatic heterocycles. The van der Waals surface area contributed by atoms with Gasteiger partial charge >= 0.3 is 0 Å². The Morgan fingerprint density at radius 2 is 2.22 bits per heavy atom. The Bertz CT molecular complexity index is 140. The van der Waals surface area contributed by atoms with E-state index in [1.165, 1.54) is 0 Å². The Kier molecular flexibility index (Phi) is 1.26. The van der Waals surface area contributed by atoms with Crippen molar-refractivity contribution in [3.8, 4) is 0 Å². The lowest BCUT2D eigenvalue weighted by Crippen LogP contribution is -2.65. The lowest BCUT2D eigenvalue weighted by molar-refractivity contribution is -0.139. The molecule has 0 aliphatic carbocycles. The molecule has 0 radical (unpaired) electrons. The summed E-state index contributed by atoms with van der Waals surface area (Å²) in [5.41, 5.74) is 0.0613. The fourth-order valence-electron chi connectivity index (χ4n) is 1.44. The maximum atomic E-state index is 10.8. The standard InChI is InChI=1S/C7H13NO/c1-4-5-6(9)8-7(5,2)3/h5H,4H2,1-3H3,(H,8,9)/t5-/m0/s1. The third kappa shape index (κ3) is 0.824. The Morgan fingerprint density at radius 1 is 1.67 bits per heavy atom. The molecule has 0 aromatic carbocycles. The van der Waals surface area contributed by atoms with Gasteiger partial charge < -0.3 is 5.32 Å². The number of nitrogens with one attached hydrogen (secondary N) is 1. The van der Waals surface area contributed by atoms with Gasteiger partial charge in [0.25, 0.3) is 0 Å². The maximum Gasteiger partial charge on any atom is 0.225 e. The van der Waals surface area contributed by atoms with Crippen LogP contribution in [0.5, 0.6) is 0 Å². The van der Waals surface area contributed by atoms with Crippen LogP contribution in [-0.2, 0) is 4.79 Å². The van der Waals surface area contributed by atoms with Gasteiger partial charge in [-0.25, -0.2) is 0 Å². The molecule has 1 amide bonds. The Labute approximate surface area is 55.6 Å². The minimum absolute atomic E-state index is 0.0613. The molecular weight excluding hydrogens is 114 g/mol. The fraction of sp³-hybridized carbons (Fsp3) is 0.857. The predicted octanol–water partition coefficient (Wildman–Crippen LogP) is 0.921. The van der Waals surface area contributed by atoms with Gasteiger partial charge in [0.2, 0.25) is 5.91 Å². The lowest BCUT2D eigenvalue weighted by atomic mass is 9.77. The van der Waals surface area contributed by atoms with E-state index in [1.54, 1.807) is 0 Å². The molecule has 1 N–H and O–H groups in total. The second-order valence-corrected chi connectivity index (χ2v) is 3.17. The summed E-state index contributed by atoms with van der Waals surface area (Å²) >= 11 is 0. The Balaban J connectivity index is 2.58. The quantitative estimate of drug-likeness (QED) is 0.521. The van der Waals surface area contributed by atoms with Crippen LogP contribution < -0.4 is 5.32 Å². The largest absolute Gasteiger partial charge is 0.350 e. The number of hydrogen-bond donors (Lipinski definition) is 1. The van der Waals surface area contributed by atoms with E-state index in [2.05, 4.69) is 19.2 Å². The highest BCUT2D eigenvalue weighted by Gasteiger charge is 2.44. The van der Waals surface area contributed by atoms with Crippen molar-refractivity contribution in [2.45, 2.75) is 32.7 Å². The molecule has 1 rings (SSSR count). The molecule has 0 aromatic heterocycles. The first-order valence-corrected chi connectivity index (χ1v) is 3.40. The molecule has 1 heterocycles. The molecule has 1 saturated heterocycles. The third-order valence-corrected chi connectivity index (χ3v) is 2.04. The van der Waals surface area contributed by atoms with Gasteiger partial charge in [-0.15, -0.1) is 0 Å². The van der Waals surface area contributed by atoms with E-state index in [1.807, 2.05) is 6.92 Å². The highest BCUT2D eigenvalue weighted by atomic mass is 16.2. The summed E-state index contributed by atoms with van der Waals surface area (Å²) in [4.78, 5) is 10.8. The van der Waals surface area contributed by atoms with Crippen LogP contribution in [0.25, 0.3) is 0 Å². The minimum Gasteiger partial charge on any atom is -0.350 e. The number of β-lactam (4-membered cyclic amide) rings is 1. The Morgan fingerprint density at radius 3 is 2.33 bits per heavy atom. The van der Waals surface area contributed by atoms with Crippen LogP contribution >= 0.6 is 0 Å². The molecule has 52 valence electrons.